The van der Waals surface area contributed by atoms with Crippen LogP contribution in [0.2, 0.25) is 0 Å². The van der Waals surface area contributed by atoms with Gasteiger partial charge >= 0.3 is 18.4 Å². The lowest BCUT2D eigenvalue weighted by Gasteiger charge is -2.22. The highest BCUT2D eigenvalue weighted by atomic mass is 16.6. The number of carbonyl (C=O) groups excluding carboxylic acids is 3. The zero-order valence-electron chi connectivity index (χ0n) is 19.4. The molecular weight excluding hydrogens is 436 g/mol. The maximum Gasteiger partial charge on any atom is 0.408 e. The van der Waals surface area contributed by atoms with Gasteiger partial charge in [-0.1, -0.05) is 48.5 Å². The molecule has 0 fully saturated rings. The van der Waals surface area contributed by atoms with Crippen molar-refractivity contribution in [3.8, 4) is 11.1 Å². The molecule has 0 spiro atoms. The average Bonchev–Trinajstić information content (AvgIpc) is 3.10. The largest absolute Gasteiger partial charge is 0.449 e. The normalized spacial score (nSPS) is 13.0. The molecule has 9 nitrogen and oxygen atoms in total. The van der Waals surface area contributed by atoms with Crippen molar-refractivity contribution in [3.63, 3.8) is 0 Å². The second-order valence-electron chi connectivity index (χ2n) is 8.89. The first-order valence-electron chi connectivity index (χ1n) is 11.0. The fourth-order valence-electron chi connectivity index (χ4n) is 3.85. The smallest absolute Gasteiger partial charge is 0.408 e. The Labute approximate surface area is 198 Å². The van der Waals surface area contributed by atoms with Crippen molar-refractivity contribution >= 4 is 24.2 Å². The standard InChI is InChI=1S/C25H28N4O5/c1-25(2,3)34-24(32)29-21(22(30)14-28-26)12-13-27-23(31)33-15-20-18-10-6-4-8-16(18)17-9-5-7-11-19(17)20/h4-11,14,20-21H,12-13,15H2,1-3H3,(H,27,31)(H,29,32). The molecule has 0 aliphatic heterocycles. The molecule has 3 rings (SSSR count). The molecule has 1 atom stereocenters. The van der Waals surface area contributed by atoms with Crippen molar-refractivity contribution in [2.45, 2.75) is 44.8 Å². The second-order valence-corrected chi connectivity index (χ2v) is 8.89. The number of rotatable bonds is 8. The fraction of sp³-hybridized carbons (Fsp3) is 0.360. The number of amides is 2. The van der Waals surface area contributed by atoms with Crippen molar-refractivity contribution in [3.05, 3.63) is 65.2 Å². The molecular formula is C25H28N4O5. The average molecular weight is 465 g/mol. The molecule has 1 aliphatic carbocycles. The summed E-state index contributed by atoms with van der Waals surface area (Å²) in [5.74, 6) is -0.704. The number of Topliss-reactive ketones (excluding diaryl/α,β-unsaturated/α-hetero) is 1. The van der Waals surface area contributed by atoms with E-state index in [1.807, 2.05) is 36.4 Å². The molecule has 34 heavy (non-hydrogen) atoms. The number of nitrogens with zero attached hydrogens (tertiary/aromatic N) is 2. The Morgan fingerprint density at radius 1 is 1.03 bits per heavy atom. The van der Waals surface area contributed by atoms with E-state index in [1.54, 1.807) is 20.8 Å². The highest BCUT2D eigenvalue weighted by molar-refractivity contribution is 6.28. The van der Waals surface area contributed by atoms with Gasteiger partial charge in [-0.2, -0.15) is 4.79 Å². The lowest BCUT2D eigenvalue weighted by atomic mass is 9.98. The predicted octanol–water partition coefficient (Wildman–Crippen LogP) is 3.68. The van der Waals surface area contributed by atoms with Gasteiger partial charge in [-0.15, -0.1) is 0 Å². The van der Waals surface area contributed by atoms with Gasteiger partial charge in [-0.05, 0) is 49.4 Å². The number of carbonyl (C=O) groups is 3. The van der Waals surface area contributed by atoms with Gasteiger partial charge in [0.05, 0.1) is 0 Å². The van der Waals surface area contributed by atoms with Gasteiger partial charge in [0.2, 0.25) is 0 Å². The second kappa shape index (κ2) is 10.8. The van der Waals surface area contributed by atoms with E-state index >= 15 is 0 Å². The zero-order valence-corrected chi connectivity index (χ0v) is 19.4. The summed E-state index contributed by atoms with van der Waals surface area (Å²) in [5, 5.41) is 5.02. The van der Waals surface area contributed by atoms with Crippen LogP contribution in [0, 0.1) is 0 Å². The molecule has 1 unspecified atom stereocenters. The zero-order chi connectivity index (χ0) is 24.7. The maximum atomic E-state index is 12.3. The van der Waals surface area contributed by atoms with Crippen LogP contribution in [0.4, 0.5) is 9.59 Å². The summed E-state index contributed by atoms with van der Waals surface area (Å²) in [6.07, 6.45) is -0.691. The third-order valence-electron chi connectivity index (χ3n) is 5.27. The molecule has 1 aliphatic rings. The lowest BCUT2D eigenvalue weighted by Crippen LogP contribution is -2.45. The van der Waals surface area contributed by atoms with Crippen LogP contribution in [0.15, 0.2) is 48.5 Å². The quantitative estimate of drug-likeness (QED) is 0.350. The van der Waals surface area contributed by atoms with Gasteiger partial charge in [0, 0.05) is 12.5 Å². The first kappa shape index (κ1) is 24.7. The number of nitrogens with one attached hydrogen (secondary N) is 2. The van der Waals surface area contributed by atoms with Gasteiger partial charge in [0.25, 0.3) is 5.78 Å². The summed E-state index contributed by atoms with van der Waals surface area (Å²) in [6, 6.07) is 15.0. The van der Waals surface area contributed by atoms with Crippen LogP contribution in [0.1, 0.15) is 44.2 Å². The van der Waals surface area contributed by atoms with Crippen molar-refractivity contribution in [1.82, 2.24) is 10.6 Å². The summed E-state index contributed by atoms with van der Waals surface area (Å²) < 4.78 is 10.6. The Bertz CT molecular complexity index is 1070. The van der Waals surface area contributed by atoms with Crippen LogP contribution < -0.4 is 10.6 Å². The van der Waals surface area contributed by atoms with Crippen molar-refractivity contribution in [1.29, 1.82) is 0 Å². The number of fused-ring (bicyclic) bond motifs is 3. The molecule has 2 aromatic rings. The minimum Gasteiger partial charge on any atom is -0.449 e. The maximum absolute atomic E-state index is 12.3. The first-order chi connectivity index (χ1) is 16.2. The van der Waals surface area contributed by atoms with Crippen LogP contribution in [0.3, 0.4) is 0 Å². The third kappa shape index (κ3) is 6.30. The summed E-state index contributed by atoms with van der Waals surface area (Å²) in [4.78, 5) is 39.2. The Kier molecular flexibility index (Phi) is 7.81. The number of hydrogen-bond acceptors (Lipinski definition) is 5. The summed E-state index contributed by atoms with van der Waals surface area (Å²) in [6.45, 7) is 5.28. The Morgan fingerprint density at radius 3 is 2.18 bits per heavy atom. The molecule has 0 radical (unpaired) electrons. The molecule has 178 valence electrons. The summed E-state index contributed by atoms with van der Waals surface area (Å²) in [7, 11) is 0. The topological polar surface area (TPSA) is 130 Å². The fourth-order valence-corrected chi connectivity index (χ4v) is 3.85. The monoisotopic (exact) mass is 464 g/mol. The molecule has 2 aromatic carbocycles. The first-order valence-corrected chi connectivity index (χ1v) is 11.0. The Hall–Kier alpha value is -3.97. The van der Waals surface area contributed by atoms with E-state index in [9.17, 15) is 14.4 Å². The number of alkyl carbamates (subject to hydrolysis) is 2. The van der Waals surface area contributed by atoms with Crippen LogP contribution in [-0.2, 0) is 14.3 Å². The van der Waals surface area contributed by atoms with Crippen molar-refractivity contribution in [2.75, 3.05) is 13.2 Å². The van der Waals surface area contributed by atoms with Crippen LogP contribution >= 0.6 is 0 Å². The van der Waals surface area contributed by atoms with E-state index in [2.05, 4.69) is 27.6 Å². The molecule has 0 saturated heterocycles. The Morgan fingerprint density at radius 2 is 1.62 bits per heavy atom. The number of hydrogen-bond donors (Lipinski definition) is 2. The van der Waals surface area contributed by atoms with Gasteiger partial charge in [0.1, 0.15) is 18.2 Å². The van der Waals surface area contributed by atoms with Crippen LogP contribution in [-0.4, -0.2) is 53.8 Å². The predicted molar refractivity (Wildman–Crippen MR) is 126 cm³/mol. The van der Waals surface area contributed by atoms with E-state index in [0.717, 1.165) is 22.3 Å². The third-order valence-corrected chi connectivity index (χ3v) is 5.27. The van der Waals surface area contributed by atoms with Gasteiger partial charge in [-0.25, -0.2) is 9.59 Å². The van der Waals surface area contributed by atoms with Crippen molar-refractivity contribution in [2.24, 2.45) is 0 Å². The molecule has 0 bridgehead atoms. The molecule has 2 amide bonds. The number of ether oxygens (including phenoxy) is 2. The molecule has 0 heterocycles. The summed E-state index contributed by atoms with van der Waals surface area (Å²) >= 11 is 0. The Balaban J connectivity index is 1.54. The molecule has 2 N–H and O–H groups in total. The van der Waals surface area contributed by atoms with Crippen LogP contribution in [0.25, 0.3) is 16.7 Å². The van der Waals surface area contributed by atoms with Crippen molar-refractivity contribution < 1.29 is 28.6 Å². The minimum atomic E-state index is -1.04. The summed E-state index contributed by atoms with van der Waals surface area (Å²) in [5.41, 5.74) is 12.4. The molecule has 0 saturated carbocycles. The van der Waals surface area contributed by atoms with Gasteiger partial charge in [0.15, 0.2) is 0 Å². The number of benzene rings is 2. The van der Waals surface area contributed by atoms with Gasteiger partial charge < -0.3 is 25.6 Å². The lowest BCUT2D eigenvalue weighted by molar-refractivity contribution is -0.118. The van der Waals surface area contributed by atoms with Gasteiger partial charge in [-0.3, -0.25) is 4.79 Å². The number of ketones is 1. The van der Waals surface area contributed by atoms with E-state index in [4.69, 9.17) is 15.0 Å². The molecule has 0 aromatic heterocycles. The highest BCUT2D eigenvalue weighted by Gasteiger charge is 2.29. The highest BCUT2D eigenvalue weighted by Crippen LogP contribution is 2.44. The minimum absolute atomic E-state index is 0.0438. The van der Waals surface area contributed by atoms with E-state index in [1.165, 1.54) is 0 Å². The van der Waals surface area contributed by atoms with E-state index in [-0.39, 0.29) is 25.5 Å². The molecule has 9 heteroatoms. The van der Waals surface area contributed by atoms with E-state index in [0.29, 0.717) is 6.21 Å². The SMILES string of the molecule is CC(C)(C)OC(=O)NC(CCNC(=O)OCC1c2ccccc2-c2ccccc21)C(=O)C=[N+]=[N-]. The van der Waals surface area contributed by atoms with Crippen LogP contribution in [0.5, 0.6) is 0 Å². The van der Waals surface area contributed by atoms with E-state index < -0.39 is 29.6 Å².